The zero-order chi connectivity index (χ0) is 20.2. The van der Waals surface area contributed by atoms with E-state index in [0.29, 0.717) is 23.6 Å². The fraction of sp³-hybridized carbons (Fsp3) is 0.0833. The third kappa shape index (κ3) is 4.04. The average molecular weight is 384 g/mol. The van der Waals surface area contributed by atoms with E-state index in [1.54, 1.807) is 18.2 Å². The predicted octanol–water partition coefficient (Wildman–Crippen LogP) is 4.04. The Hall–Kier alpha value is -3.86. The minimum atomic E-state index is -0.437. The molecular weight excluding hydrogens is 364 g/mol. The maximum atomic E-state index is 12.8. The monoisotopic (exact) mass is 384 g/mol. The second-order valence-electron chi connectivity index (χ2n) is 6.79. The van der Waals surface area contributed by atoms with Gasteiger partial charge in [0.1, 0.15) is 17.9 Å². The molecule has 0 saturated carbocycles. The van der Waals surface area contributed by atoms with Crippen LogP contribution in [0.15, 0.2) is 84.4 Å². The summed E-state index contributed by atoms with van der Waals surface area (Å²) in [5.41, 5.74) is 6.10. The summed E-state index contributed by atoms with van der Waals surface area (Å²) in [6.07, 6.45) is 1.58. The molecule has 0 atom stereocenters. The maximum absolute atomic E-state index is 12.8. The van der Waals surface area contributed by atoms with Gasteiger partial charge in [-0.15, -0.1) is 0 Å². The van der Waals surface area contributed by atoms with Crippen molar-refractivity contribution in [2.45, 2.75) is 13.5 Å². The fourth-order valence-electron chi connectivity index (χ4n) is 3.06. The van der Waals surface area contributed by atoms with Gasteiger partial charge in [-0.1, -0.05) is 66.2 Å². The molecule has 3 aromatic rings. The van der Waals surface area contributed by atoms with Crippen molar-refractivity contribution < 1.29 is 14.3 Å². The summed E-state index contributed by atoms with van der Waals surface area (Å²) in [5.74, 6) is -0.219. The molecule has 0 aliphatic carbocycles. The molecule has 29 heavy (non-hydrogen) atoms. The van der Waals surface area contributed by atoms with Gasteiger partial charge in [0.25, 0.3) is 11.8 Å². The minimum absolute atomic E-state index is 0.0707. The zero-order valence-corrected chi connectivity index (χ0v) is 16.0. The van der Waals surface area contributed by atoms with Crippen LogP contribution in [0.4, 0.5) is 5.69 Å². The van der Waals surface area contributed by atoms with Gasteiger partial charge in [-0.3, -0.25) is 15.0 Å². The molecule has 0 radical (unpaired) electrons. The number of benzene rings is 3. The molecular formula is C24H20N2O3. The van der Waals surface area contributed by atoms with Crippen molar-refractivity contribution in [3.05, 3.63) is 101 Å². The number of hydrogen-bond acceptors (Lipinski definition) is 3. The van der Waals surface area contributed by atoms with Crippen molar-refractivity contribution in [2.24, 2.45) is 0 Å². The number of aryl methyl sites for hydroxylation is 1. The van der Waals surface area contributed by atoms with Gasteiger partial charge in [-0.2, -0.15) is 0 Å². The number of hydrogen-bond donors (Lipinski definition) is 1. The standard InChI is InChI=1S/C24H20N2O3/c1-17-11-13-20(14-12-17)26-24(28)21(23(27)25-26)15-19-9-5-6-10-22(19)29-16-18-7-3-2-4-8-18/h2-15H,16H2,1H3,(H,25,27). The van der Waals surface area contributed by atoms with E-state index in [9.17, 15) is 9.59 Å². The normalized spacial score (nSPS) is 14.9. The van der Waals surface area contributed by atoms with E-state index in [1.165, 1.54) is 5.01 Å². The topological polar surface area (TPSA) is 58.6 Å². The van der Waals surface area contributed by atoms with Gasteiger partial charge in [0.05, 0.1) is 5.69 Å². The number of carbonyl (C=O) groups excluding carboxylic acids is 2. The summed E-state index contributed by atoms with van der Waals surface area (Å²) in [5, 5.41) is 1.26. The highest BCUT2D eigenvalue weighted by molar-refractivity contribution is 6.31. The number of anilines is 1. The summed E-state index contributed by atoms with van der Waals surface area (Å²) >= 11 is 0. The molecule has 1 aliphatic rings. The first-order chi connectivity index (χ1) is 14.1. The van der Waals surface area contributed by atoms with E-state index in [1.807, 2.05) is 73.7 Å². The summed E-state index contributed by atoms with van der Waals surface area (Å²) in [6.45, 7) is 2.36. The van der Waals surface area contributed by atoms with Crippen LogP contribution in [-0.4, -0.2) is 11.8 Å². The number of amides is 2. The number of nitrogens with one attached hydrogen (secondary N) is 1. The summed E-state index contributed by atoms with van der Waals surface area (Å²) in [6, 6.07) is 24.5. The molecule has 1 saturated heterocycles. The van der Waals surface area contributed by atoms with Crippen molar-refractivity contribution in [2.75, 3.05) is 5.01 Å². The largest absolute Gasteiger partial charge is 0.488 e. The second kappa shape index (κ2) is 8.02. The summed E-state index contributed by atoms with van der Waals surface area (Å²) in [4.78, 5) is 25.3. The van der Waals surface area contributed by atoms with Gasteiger partial charge in [-0.05, 0) is 36.8 Å². The van der Waals surface area contributed by atoms with E-state index >= 15 is 0 Å². The molecule has 0 spiro atoms. The number of nitrogens with zero attached hydrogens (tertiary/aromatic N) is 1. The Balaban J connectivity index is 1.58. The highest BCUT2D eigenvalue weighted by Crippen LogP contribution is 2.26. The third-order valence-corrected chi connectivity index (χ3v) is 4.64. The first-order valence-electron chi connectivity index (χ1n) is 9.31. The Bertz CT molecular complexity index is 1070. The molecule has 1 heterocycles. The van der Waals surface area contributed by atoms with Crippen LogP contribution in [0.25, 0.3) is 6.08 Å². The number of hydrazine groups is 1. The lowest BCUT2D eigenvalue weighted by Gasteiger charge is -2.14. The van der Waals surface area contributed by atoms with Crippen LogP contribution in [-0.2, 0) is 16.2 Å². The lowest BCUT2D eigenvalue weighted by molar-refractivity contribution is -0.117. The molecule has 0 aromatic heterocycles. The van der Waals surface area contributed by atoms with Crippen LogP contribution < -0.4 is 15.2 Å². The van der Waals surface area contributed by atoms with Crippen molar-refractivity contribution in [1.82, 2.24) is 5.43 Å². The molecule has 5 heteroatoms. The number of ether oxygens (including phenoxy) is 1. The molecule has 2 amide bonds. The maximum Gasteiger partial charge on any atom is 0.282 e. The van der Waals surface area contributed by atoms with E-state index in [0.717, 1.165) is 11.1 Å². The third-order valence-electron chi connectivity index (χ3n) is 4.64. The zero-order valence-electron chi connectivity index (χ0n) is 16.0. The smallest absolute Gasteiger partial charge is 0.282 e. The summed E-state index contributed by atoms with van der Waals surface area (Å²) < 4.78 is 5.93. The molecule has 144 valence electrons. The van der Waals surface area contributed by atoms with Crippen LogP contribution in [0.1, 0.15) is 16.7 Å². The van der Waals surface area contributed by atoms with Gasteiger partial charge < -0.3 is 4.74 Å². The van der Waals surface area contributed by atoms with E-state index < -0.39 is 11.8 Å². The average Bonchev–Trinajstić information content (AvgIpc) is 3.03. The van der Waals surface area contributed by atoms with Gasteiger partial charge in [0.2, 0.25) is 0 Å². The first-order valence-corrected chi connectivity index (χ1v) is 9.31. The number of rotatable bonds is 5. The first kappa shape index (κ1) is 18.5. The highest BCUT2D eigenvalue weighted by Gasteiger charge is 2.34. The van der Waals surface area contributed by atoms with Crippen LogP contribution in [0, 0.1) is 6.92 Å². The van der Waals surface area contributed by atoms with Crippen molar-refractivity contribution >= 4 is 23.6 Å². The molecule has 4 rings (SSSR count). The minimum Gasteiger partial charge on any atom is -0.488 e. The molecule has 0 unspecified atom stereocenters. The van der Waals surface area contributed by atoms with Crippen molar-refractivity contribution in [1.29, 1.82) is 0 Å². The van der Waals surface area contributed by atoms with E-state index in [2.05, 4.69) is 5.43 Å². The Morgan fingerprint density at radius 3 is 2.34 bits per heavy atom. The Kier molecular flexibility index (Phi) is 5.12. The Labute approximate surface area is 169 Å². The lowest BCUT2D eigenvalue weighted by Crippen LogP contribution is -2.35. The molecule has 3 aromatic carbocycles. The van der Waals surface area contributed by atoms with Crippen LogP contribution in [0.3, 0.4) is 0 Å². The SMILES string of the molecule is Cc1ccc(N2NC(=O)C(=Cc3ccccc3OCc3ccccc3)C2=O)cc1. The van der Waals surface area contributed by atoms with Gasteiger partial charge >= 0.3 is 0 Å². The van der Waals surface area contributed by atoms with E-state index in [4.69, 9.17) is 4.74 Å². The Morgan fingerprint density at radius 1 is 0.897 bits per heavy atom. The summed E-state index contributed by atoms with van der Waals surface area (Å²) in [7, 11) is 0. The molecule has 1 N–H and O–H groups in total. The van der Waals surface area contributed by atoms with Crippen LogP contribution >= 0.6 is 0 Å². The molecule has 5 nitrogen and oxygen atoms in total. The van der Waals surface area contributed by atoms with Crippen LogP contribution in [0.2, 0.25) is 0 Å². The van der Waals surface area contributed by atoms with Gasteiger partial charge in [-0.25, -0.2) is 5.01 Å². The Morgan fingerprint density at radius 2 is 1.59 bits per heavy atom. The van der Waals surface area contributed by atoms with Crippen molar-refractivity contribution in [3.63, 3.8) is 0 Å². The van der Waals surface area contributed by atoms with Gasteiger partial charge in [0, 0.05) is 5.56 Å². The quantitative estimate of drug-likeness (QED) is 0.534. The molecule has 1 aliphatic heterocycles. The number of para-hydroxylation sites is 1. The van der Waals surface area contributed by atoms with Crippen LogP contribution in [0.5, 0.6) is 5.75 Å². The fourth-order valence-corrected chi connectivity index (χ4v) is 3.06. The van der Waals surface area contributed by atoms with Crippen molar-refractivity contribution in [3.8, 4) is 5.75 Å². The molecule has 0 bridgehead atoms. The second-order valence-corrected chi connectivity index (χ2v) is 6.79. The molecule has 1 fully saturated rings. The number of carbonyl (C=O) groups is 2. The highest BCUT2D eigenvalue weighted by atomic mass is 16.5. The van der Waals surface area contributed by atoms with Gasteiger partial charge in [0.15, 0.2) is 0 Å². The lowest BCUT2D eigenvalue weighted by atomic mass is 10.1. The van der Waals surface area contributed by atoms with E-state index in [-0.39, 0.29) is 5.57 Å². The predicted molar refractivity (Wildman–Crippen MR) is 112 cm³/mol.